The van der Waals surface area contributed by atoms with E-state index in [1.807, 2.05) is 79.2 Å². The third-order valence-electron chi connectivity index (χ3n) is 6.17. The van der Waals surface area contributed by atoms with Crippen molar-refractivity contribution in [2.24, 2.45) is 0 Å². The Morgan fingerprint density at radius 2 is 1.76 bits per heavy atom. The number of amides is 1. The van der Waals surface area contributed by atoms with Crippen molar-refractivity contribution in [2.45, 2.75) is 32.2 Å². The van der Waals surface area contributed by atoms with Gasteiger partial charge in [-0.25, -0.2) is 4.68 Å². The van der Waals surface area contributed by atoms with E-state index in [4.69, 9.17) is 5.10 Å². The number of para-hydroxylation sites is 1. The fourth-order valence-corrected chi connectivity index (χ4v) is 4.68. The van der Waals surface area contributed by atoms with Gasteiger partial charge in [0.25, 0.3) is 5.91 Å². The van der Waals surface area contributed by atoms with Gasteiger partial charge in [0, 0.05) is 29.4 Å². The second-order valence-electron chi connectivity index (χ2n) is 8.42. The summed E-state index contributed by atoms with van der Waals surface area (Å²) in [5, 5.41) is 7.82. The van der Waals surface area contributed by atoms with Crippen LogP contribution < -0.4 is 5.32 Å². The Kier molecular flexibility index (Phi) is 5.34. The summed E-state index contributed by atoms with van der Waals surface area (Å²) in [5.41, 5.74) is 6.06. The van der Waals surface area contributed by atoms with Crippen LogP contribution in [-0.4, -0.2) is 32.5 Å². The molecule has 0 aliphatic heterocycles. The highest BCUT2D eigenvalue weighted by atomic mass is 16.2. The second kappa shape index (κ2) is 8.47. The van der Waals surface area contributed by atoms with Gasteiger partial charge in [0.1, 0.15) is 0 Å². The normalized spacial score (nSPS) is 17.5. The Hall–Kier alpha value is -4.06. The summed E-state index contributed by atoms with van der Waals surface area (Å²) in [5.74, 6) is -0.648. The first-order valence-electron chi connectivity index (χ1n) is 11.0. The number of Topliss-reactive ketones (excluding diaryl/α,β-unsaturated/α-hetero) is 1. The molecule has 0 fully saturated rings. The van der Waals surface area contributed by atoms with Gasteiger partial charge in [0.2, 0.25) is 0 Å². The third kappa shape index (κ3) is 3.84. The largest absolute Gasteiger partial charge is 0.341 e. The van der Waals surface area contributed by atoms with Crippen LogP contribution in [0, 0.1) is 13.8 Å². The molecule has 0 bridgehead atoms. The predicted molar refractivity (Wildman–Crippen MR) is 126 cm³/mol. The molecule has 6 nitrogen and oxygen atoms in total. The molecular weight excluding hydrogens is 412 g/mol. The maximum Gasteiger partial charge on any atom is 0.251 e. The zero-order valence-electron chi connectivity index (χ0n) is 18.5. The van der Waals surface area contributed by atoms with Crippen LogP contribution in [0.1, 0.15) is 44.4 Å². The van der Waals surface area contributed by atoms with Gasteiger partial charge >= 0.3 is 0 Å². The SMILES string of the molecule is Cc1cccc(C(=O)N[C@@H]2C(=O)Cc3c(c(C)nn3-c3ccccc3)[C@@H]2c2ccncc2)c1. The van der Waals surface area contributed by atoms with Crippen molar-refractivity contribution < 1.29 is 9.59 Å². The van der Waals surface area contributed by atoms with Gasteiger partial charge in [0.15, 0.2) is 5.78 Å². The van der Waals surface area contributed by atoms with Crippen molar-refractivity contribution in [3.63, 3.8) is 0 Å². The highest BCUT2D eigenvalue weighted by Gasteiger charge is 2.41. The molecule has 1 N–H and O–H groups in total. The third-order valence-corrected chi connectivity index (χ3v) is 6.17. The number of hydrogen-bond donors (Lipinski definition) is 1. The molecule has 0 saturated heterocycles. The number of benzene rings is 2. The summed E-state index contributed by atoms with van der Waals surface area (Å²) in [7, 11) is 0. The topological polar surface area (TPSA) is 76.9 Å². The summed E-state index contributed by atoms with van der Waals surface area (Å²) in [4.78, 5) is 30.8. The molecule has 0 saturated carbocycles. The average molecular weight is 437 g/mol. The number of ketones is 1. The van der Waals surface area contributed by atoms with E-state index in [0.717, 1.165) is 33.8 Å². The molecule has 33 heavy (non-hydrogen) atoms. The molecule has 2 heterocycles. The number of rotatable bonds is 4. The molecule has 0 radical (unpaired) electrons. The lowest BCUT2D eigenvalue weighted by atomic mass is 9.76. The first kappa shape index (κ1) is 20.8. The highest BCUT2D eigenvalue weighted by molar-refractivity contribution is 6.00. The van der Waals surface area contributed by atoms with Crippen LogP contribution in [-0.2, 0) is 11.2 Å². The van der Waals surface area contributed by atoms with E-state index in [1.165, 1.54) is 0 Å². The van der Waals surface area contributed by atoms with E-state index in [9.17, 15) is 9.59 Å². The molecule has 6 heteroatoms. The van der Waals surface area contributed by atoms with Crippen LogP contribution in [0.15, 0.2) is 79.1 Å². The van der Waals surface area contributed by atoms with Crippen molar-refractivity contribution in [1.82, 2.24) is 20.1 Å². The molecule has 1 aliphatic rings. The Morgan fingerprint density at radius 1 is 1.00 bits per heavy atom. The Bertz CT molecular complexity index is 1330. The minimum atomic E-state index is -0.694. The number of pyridine rings is 1. The predicted octanol–water partition coefficient (Wildman–Crippen LogP) is 3.94. The molecule has 2 aromatic heterocycles. The molecule has 1 amide bonds. The quantitative estimate of drug-likeness (QED) is 0.526. The van der Waals surface area contributed by atoms with E-state index in [0.29, 0.717) is 5.56 Å². The number of hydrogen-bond acceptors (Lipinski definition) is 4. The Balaban J connectivity index is 1.61. The van der Waals surface area contributed by atoms with Crippen molar-refractivity contribution in [3.05, 3.63) is 113 Å². The van der Waals surface area contributed by atoms with E-state index in [2.05, 4.69) is 10.3 Å². The molecule has 0 unspecified atom stereocenters. The van der Waals surface area contributed by atoms with Crippen LogP contribution in [0.4, 0.5) is 0 Å². The molecule has 4 aromatic rings. The van der Waals surface area contributed by atoms with Gasteiger partial charge in [-0.05, 0) is 55.8 Å². The van der Waals surface area contributed by atoms with Crippen LogP contribution in [0.3, 0.4) is 0 Å². The van der Waals surface area contributed by atoms with Gasteiger partial charge in [-0.1, -0.05) is 35.9 Å². The number of nitrogens with one attached hydrogen (secondary N) is 1. The lowest BCUT2D eigenvalue weighted by molar-refractivity contribution is -0.121. The van der Waals surface area contributed by atoms with Crippen LogP contribution in [0.25, 0.3) is 5.69 Å². The number of nitrogens with zero attached hydrogens (tertiary/aromatic N) is 3. The zero-order valence-corrected chi connectivity index (χ0v) is 18.5. The smallest absolute Gasteiger partial charge is 0.251 e. The molecule has 2 atom stereocenters. The molecule has 164 valence electrons. The molecule has 2 aromatic carbocycles. The minimum absolute atomic E-state index is 0.0394. The van der Waals surface area contributed by atoms with Crippen LogP contribution >= 0.6 is 0 Å². The van der Waals surface area contributed by atoms with E-state index >= 15 is 0 Å². The van der Waals surface area contributed by atoms with Gasteiger partial charge < -0.3 is 5.32 Å². The molecule has 5 rings (SSSR count). The van der Waals surface area contributed by atoms with Crippen LogP contribution in [0.2, 0.25) is 0 Å². The summed E-state index contributed by atoms with van der Waals surface area (Å²) >= 11 is 0. The minimum Gasteiger partial charge on any atom is -0.341 e. The molecular formula is C27H24N4O2. The first-order chi connectivity index (χ1) is 16.0. The lowest BCUT2D eigenvalue weighted by Gasteiger charge is -2.32. The number of carbonyl (C=O) groups is 2. The zero-order chi connectivity index (χ0) is 22.9. The van der Waals surface area contributed by atoms with E-state index in [-0.39, 0.29) is 24.0 Å². The number of fused-ring (bicyclic) bond motifs is 1. The van der Waals surface area contributed by atoms with Gasteiger partial charge in [-0.2, -0.15) is 5.10 Å². The summed E-state index contributed by atoms with van der Waals surface area (Å²) in [6.45, 7) is 3.90. The Labute approximate surface area is 192 Å². The maximum atomic E-state index is 13.5. The summed E-state index contributed by atoms with van der Waals surface area (Å²) in [6, 6.07) is 20.3. The van der Waals surface area contributed by atoms with E-state index in [1.54, 1.807) is 18.5 Å². The van der Waals surface area contributed by atoms with Crippen molar-refractivity contribution in [3.8, 4) is 5.69 Å². The van der Waals surface area contributed by atoms with Gasteiger partial charge in [-0.15, -0.1) is 0 Å². The van der Waals surface area contributed by atoms with Crippen molar-refractivity contribution >= 4 is 11.7 Å². The average Bonchev–Trinajstić information content (AvgIpc) is 3.16. The molecule has 1 aliphatic carbocycles. The summed E-state index contributed by atoms with van der Waals surface area (Å²) < 4.78 is 1.86. The number of carbonyl (C=O) groups excluding carboxylic acids is 2. The molecule has 0 spiro atoms. The summed E-state index contributed by atoms with van der Waals surface area (Å²) in [6.07, 6.45) is 3.63. The standard InChI is InChI=1S/C27H24N4O2/c1-17-7-6-8-20(15-17)27(33)29-26-23(32)16-22-24(25(26)19-11-13-28-14-12-19)18(2)30-31(22)21-9-4-3-5-10-21/h3-15,25-26H,16H2,1-2H3,(H,29,33)/t25-,26+/m0/s1. The van der Waals surface area contributed by atoms with Gasteiger partial charge in [-0.3, -0.25) is 14.6 Å². The number of aryl methyl sites for hydroxylation is 2. The fraction of sp³-hybridized carbons (Fsp3) is 0.185. The first-order valence-corrected chi connectivity index (χ1v) is 11.0. The second-order valence-corrected chi connectivity index (χ2v) is 8.42. The van der Waals surface area contributed by atoms with Crippen molar-refractivity contribution in [2.75, 3.05) is 0 Å². The highest BCUT2D eigenvalue weighted by Crippen LogP contribution is 2.38. The fourth-order valence-electron chi connectivity index (χ4n) is 4.68. The Morgan fingerprint density at radius 3 is 2.48 bits per heavy atom. The van der Waals surface area contributed by atoms with E-state index < -0.39 is 6.04 Å². The van der Waals surface area contributed by atoms with Gasteiger partial charge in [0.05, 0.1) is 29.5 Å². The monoisotopic (exact) mass is 436 g/mol. The van der Waals surface area contributed by atoms with Crippen molar-refractivity contribution in [1.29, 1.82) is 0 Å². The maximum absolute atomic E-state index is 13.5. The van der Waals surface area contributed by atoms with Crippen LogP contribution in [0.5, 0.6) is 0 Å². The number of aromatic nitrogens is 3. The lowest BCUT2D eigenvalue weighted by Crippen LogP contribution is -2.48.